The van der Waals surface area contributed by atoms with Crippen LogP contribution in [0.15, 0.2) is 29.2 Å². The Morgan fingerprint density at radius 1 is 1.32 bits per heavy atom. The van der Waals surface area contributed by atoms with Crippen LogP contribution in [0.2, 0.25) is 0 Å². The zero-order chi connectivity index (χ0) is 13.9. The highest BCUT2D eigenvalue weighted by atomic mass is 32.2. The van der Waals surface area contributed by atoms with Crippen molar-refractivity contribution in [3.8, 4) is 0 Å². The average Bonchev–Trinajstić information content (AvgIpc) is 2.37. The first-order valence-electron chi connectivity index (χ1n) is 6.32. The summed E-state index contributed by atoms with van der Waals surface area (Å²) < 4.78 is 32.1. The van der Waals surface area contributed by atoms with E-state index in [9.17, 15) is 8.42 Å². The summed E-state index contributed by atoms with van der Waals surface area (Å²) >= 11 is 0. The van der Waals surface area contributed by atoms with E-state index in [1.54, 1.807) is 20.1 Å². The quantitative estimate of drug-likeness (QED) is 0.897. The van der Waals surface area contributed by atoms with Gasteiger partial charge in [-0.1, -0.05) is 24.3 Å². The Morgan fingerprint density at radius 3 is 2.79 bits per heavy atom. The summed E-state index contributed by atoms with van der Waals surface area (Å²) in [5.74, 6) is 0. The third kappa shape index (κ3) is 3.43. The van der Waals surface area contributed by atoms with Crippen molar-refractivity contribution in [1.29, 1.82) is 0 Å². The summed E-state index contributed by atoms with van der Waals surface area (Å²) in [6.07, 6.45) is 3.08. The standard InChI is InChI=1S/C14H19NO3S/c1-11(10-18-2)15-19(16,17)14-8-7-12-5-3-4-6-13(12)9-14/h3-6,9,11,15H,7-8,10H2,1-2H3/t11-/m1/s1. The molecule has 1 aromatic rings. The fraction of sp³-hybridized carbons (Fsp3) is 0.429. The van der Waals surface area contributed by atoms with E-state index in [0.717, 1.165) is 12.0 Å². The number of ether oxygens (including phenoxy) is 1. The first-order chi connectivity index (χ1) is 9.03. The molecule has 0 saturated heterocycles. The first-order valence-corrected chi connectivity index (χ1v) is 7.81. The number of fused-ring (bicyclic) bond motifs is 1. The molecule has 19 heavy (non-hydrogen) atoms. The molecule has 2 rings (SSSR count). The molecule has 0 saturated carbocycles. The number of hydrogen-bond acceptors (Lipinski definition) is 3. The number of aryl methyl sites for hydroxylation is 1. The summed E-state index contributed by atoms with van der Waals surface area (Å²) in [5, 5.41) is 0. The van der Waals surface area contributed by atoms with Gasteiger partial charge in [0.05, 0.1) is 11.5 Å². The second-order valence-corrected chi connectivity index (χ2v) is 6.55. The van der Waals surface area contributed by atoms with Crippen LogP contribution in [0.4, 0.5) is 0 Å². The molecule has 4 nitrogen and oxygen atoms in total. The predicted molar refractivity (Wildman–Crippen MR) is 76.1 cm³/mol. The van der Waals surface area contributed by atoms with Crippen molar-refractivity contribution < 1.29 is 13.2 Å². The molecule has 0 aliphatic heterocycles. The van der Waals surface area contributed by atoms with Crippen LogP contribution in [-0.2, 0) is 21.2 Å². The number of nitrogens with one attached hydrogen (secondary N) is 1. The molecule has 0 amide bonds. The zero-order valence-corrected chi connectivity index (χ0v) is 12.0. The molecule has 104 valence electrons. The van der Waals surface area contributed by atoms with Gasteiger partial charge in [-0.05, 0) is 37.0 Å². The van der Waals surface area contributed by atoms with Crippen molar-refractivity contribution >= 4 is 16.1 Å². The topological polar surface area (TPSA) is 55.4 Å². The number of hydrogen-bond donors (Lipinski definition) is 1. The molecule has 1 aromatic carbocycles. The Labute approximate surface area is 114 Å². The third-order valence-corrected chi connectivity index (χ3v) is 4.86. The van der Waals surface area contributed by atoms with Gasteiger partial charge in [-0.2, -0.15) is 0 Å². The van der Waals surface area contributed by atoms with E-state index in [-0.39, 0.29) is 6.04 Å². The van der Waals surface area contributed by atoms with Crippen molar-refractivity contribution in [3.63, 3.8) is 0 Å². The van der Waals surface area contributed by atoms with Crippen LogP contribution >= 0.6 is 0 Å². The highest BCUT2D eigenvalue weighted by Gasteiger charge is 2.23. The van der Waals surface area contributed by atoms with Crippen molar-refractivity contribution in [3.05, 3.63) is 40.3 Å². The first kappa shape index (κ1) is 14.2. The SMILES string of the molecule is COC[C@@H](C)NS(=O)(=O)C1=Cc2ccccc2CC1. The molecule has 0 fully saturated rings. The van der Waals surface area contributed by atoms with Gasteiger partial charge in [-0.25, -0.2) is 13.1 Å². The van der Waals surface area contributed by atoms with Crippen molar-refractivity contribution in [2.75, 3.05) is 13.7 Å². The molecule has 1 N–H and O–H groups in total. The highest BCUT2D eigenvalue weighted by Crippen LogP contribution is 2.26. The summed E-state index contributed by atoms with van der Waals surface area (Å²) in [6, 6.07) is 7.66. The van der Waals surface area contributed by atoms with Crippen molar-refractivity contribution in [2.24, 2.45) is 0 Å². The number of benzene rings is 1. The van der Waals surface area contributed by atoms with E-state index < -0.39 is 10.0 Å². The van der Waals surface area contributed by atoms with Gasteiger partial charge in [0.2, 0.25) is 10.0 Å². The predicted octanol–water partition coefficient (Wildman–Crippen LogP) is 1.93. The summed E-state index contributed by atoms with van der Waals surface area (Å²) in [4.78, 5) is 0.453. The summed E-state index contributed by atoms with van der Waals surface area (Å²) in [7, 11) is -1.86. The maximum absolute atomic E-state index is 12.2. The Bertz CT molecular complexity index is 578. The molecule has 0 spiro atoms. The monoisotopic (exact) mass is 281 g/mol. The van der Waals surface area contributed by atoms with E-state index in [1.165, 1.54) is 5.56 Å². The van der Waals surface area contributed by atoms with Gasteiger partial charge in [0, 0.05) is 13.2 Å². The number of methoxy groups -OCH3 is 1. The lowest BCUT2D eigenvalue weighted by Crippen LogP contribution is -2.36. The van der Waals surface area contributed by atoms with E-state index >= 15 is 0 Å². The molecule has 1 atom stereocenters. The molecule has 5 heteroatoms. The van der Waals surface area contributed by atoms with Crippen LogP contribution in [0, 0.1) is 0 Å². The van der Waals surface area contributed by atoms with Gasteiger partial charge in [-0.15, -0.1) is 0 Å². The zero-order valence-electron chi connectivity index (χ0n) is 11.2. The van der Waals surface area contributed by atoms with Crippen LogP contribution < -0.4 is 4.72 Å². The maximum atomic E-state index is 12.2. The molecule has 0 bridgehead atoms. The summed E-state index contributed by atoms with van der Waals surface area (Å²) in [5.41, 5.74) is 2.19. The van der Waals surface area contributed by atoms with Crippen molar-refractivity contribution in [1.82, 2.24) is 4.72 Å². The molecule has 0 aromatic heterocycles. The third-order valence-electron chi connectivity index (χ3n) is 3.13. The van der Waals surface area contributed by atoms with Crippen LogP contribution in [-0.4, -0.2) is 28.2 Å². The minimum Gasteiger partial charge on any atom is -0.383 e. The summed E-state index contributed by atoms with van der Waals surface area (Å²) in [6.45, 7) is 2.15. The lowest BCUT2D eigenvalue weighted by Gasteiger charge is -2.19. The Balaban J connectivity index is 2.21. The minimum absolute atomic E-state index is 0.229. The molecule has 0 heterocycles. The van der Waals surface area contributed by atoms with Gasteiger partial charge < -0.3 is 4.74 Å². The Hall–Kier alpha value is -1.17. The fourth-order valence-electron chi connectivity index (χ4n) is 2.24. The normalized spacial score (nSPS) is 16.6. The molecule has 0 radical (unpaired) electrons. The smallest absolute Gasteiger partial charge is 0.237 e. The molecule has 1 aliphatic rings. The molecular formula is C14H19NO3S. The average molecular weight is 281 g/mol. The number of rotatable bonds is 5. The fourth-order valence-corrected chi connectivity index (χ4v) is 3.64. The second-order valence-electron chi connectivity index (χ2n) is 4.79. The Kier molecular flexibility index (Phi) is 4.39. The van der Waals surface area contributed by atoms with Crippen LogP contribution in [0.5, 0.6) is 0 Å². The van der Waals surface area contributed by atoms with E-state index in [4.69, 9.17) is 4.74 Å². The van der Waals surface area contributed by atoms with E-state index in [0.29, 0.717) is 17.9 Å². The van der Waals surface area contributed by atoms with Crippen LogP contribution in [0.1, 0.15) is 24.5 Å². The lowest BCUT2D eigenvalue weighted by atomic mass is 9.98. The van der Waals surface area contributed by atoms with Gasteiger partial charge in [0.1, 0.15) is 0 Å². The number of sulfonamides is 1. The van der Waals surface area contributed by atoms with Crippen LogP contribution in [0.25, 0.3) is 6.08 Å². The molecule has 0 unspecified atom stereocenters. The number of allylic oxidation sites excluding steroid dienone is 1. The molecular weight excluding hydrogens is 262 g/mol. The minimum atomic E-state index is -3.42. The molecule has 1 aliphatic carbocycles. The Morgan fingerprint density at radius 2 is 2.05 bits per heavy atom. The van der Waals surface area contributed by atoms with E-state index in [2.05, 4.69) is 4.72 Å². The van der Waals surface area contributed by atoms with Gasteiger partial charge in [0.25, 0.3) is 0 Å². The lowest BCUT2D eigenvalue weighted by molar-refractivity contribution is 0.180. The van der Waals surface area contributed by atoms with Gasteiger partial charge >= 0.3 is 0 Å². The highest BCUT2D eigenvalue weighted by molar-refractivity contribution is 7.93. The van der Waals surface area contributed by atoms with Gasteiger partial charge in [0.15, 0.2) is 0 Å². The largest absolute Gasteiger partial charge is 0.383 e. The van der Waals surface area contributed by atoms with Crippen molar-refractivity contribution in [2.45, 2.75) is 25.8 Å². The maximum Gasteiger partial charge on any atom is 0.237 e. The van der Waals surface area contributed by atoms with Crippen LogP contribution in [0.3, 0.4) is 0 Å². The second kappa shape index (κ2) is 5.86. The van der Waals surface area contributed by atoms with E-state index in [1.807, 2.05) is 24.3 Å². The van der Waals surface area contributed by atoms with Gasteiger partial charge in [-0.3, -0.25) is 0 Å².